The summed E-state index contributed by atoms with van der Waals surface area (Å²) in [7, 11) is 1.63. The van der Waals surface area contributed by atoms with Gasteiger partial charge in [-0.1, -0.05) is 30.3 Å². The summed E-state index contributed by atoms with van der Waals surface area (Å²) in [5.41, 5.74) is 3.94. The molecule has 0 saturated carbocycles. The van der Waals surface area contributed by atoms with E-state index in [9.17, 15) is 9.18 Å². The molecule has 0 atom stereocenters. The maximum atomic E-state index is 13.3. The second-order valence-corrected chi connectivity index (χ2v) is 8.36. The molecule has 0 aliphatic rings. The first-order valence-corrected chi connectivity index (χ1v) is 10.8. The maximum Gasteiger partial charge on any atom is 0.230 e. The highest BCUT2D eigenvalue weighted by Gasteiger charge is 2.18. The monoisotopic (exact) mass is 434 g/mol. The summed E-state index contributed by atoms with van der Waals surface area (Å²) in [4.78, 5) is 13.8. The molecule has 2 heterocycles. The Labute approximate surface area is 184 Å². The van der Waals surface area contributed by atoms with Gasteiger partial charge in [-0.15, -0.1) is 11.3 Å². The Morgan fingerprint density at radius 1 is 1.10 bits per heavy atom. The number of methoxy groups -OCH3 is 1. The van der Waals surface area contributed by atoms with Crippen LogP contribution >= 0.6 is 11.3 Å². The van der Waals surface area contributed by atoms with Crippen molar-refractivity contribution in [1.29, 1.82) is 0 Å². The fourth-order valence-corrected chi connectivity index (χ4v) is 4.31. The Balaban J connectivity index is 1.71. The topological polar surface area (TPSA) is 43.3 Å². The van der Waals surface area contributed by atoms with E-state index in [-0.39, 0.29) is 11.7 Å². The molecule has 4 rings (SSSR count). The van der Waals surface area contributed by atoms with Gasteiger partial charge in [-0.2, -0.15) is 0 Å². The van der Waals surface area contributed by atoms with Crippen molar-refractivity contribution in [1.82, 2.24) is 4.57 Å². The number of rotatable bonds is 7. The molecule has 0 unspecified atom stereocenters. The number of amides is 1. The molecule has 6 heteroatoms. The van der Waals surface area contributed by atoms with E-state index >= 15 is 0 Å². The zero-order valence-corrected chi connectivity index (χ0v) is 18.2. The number of nitrogens with one attached hydrogen (secondary N) is 1. The summed E-state index contributed by atoms with van der Waals surface area (Å²) in [6, 6.07) is 18.1. The second kappa shape index (κ2) is 9.18. The predicted molar refractivity (Wildman–Crippen MR) is 123 cm³/mol. The standard InChI is InChI=1S/C25H23FN2O2S/c1-17-15-28(16-18-5-9-20(26)10-6-18)25(27-23(29)14-22-4-3-13-31-22)24(17)19-7-11-21(30-2)12-8-19/h3-13,15H,14,16H2,1-2H3,(H,27,29). The first-order valence-electron chi connectivity index (χ1n) is 9.94. The van der Waals surface area contributed by atoms with Crippen LogP contribution in [-0.4, -0.2) is 17.6 Å². The number of ether oxygens (including phenoxy) is 1. The quantitative estimate of drug-likeness (QED) is 0.393. The van der Waals surface area contributed by atoms with Crippen molar-refractivity contribution in [3.05, 3.63) is 94.1 Å². The van der Waals surface area contributed by atoms with Gasteiger partial charge < -0.3 is 14.6 Å². The summed E-state index contributed by atoms with van der Waals surface area (Å²) >= 11 is 1.56. The van der Waals surface area contributed by atoms with Crippen LogP contribution < -0.4 is 10.1 Å². The van der Waals surface area contributed by atoms with Gasteiger partial charge in [-0.25, -0.2) is 4.39 Å². The minimum atomic E-state index is -0.268. The minimum Gasteiger partial charge on any atom is -0.497 e. The molecule has 31 heavy (non-hydrogen) atoms. The van der Waals surface area contributed by atoms with E-state index in [2.05, 4.69) is 5.32 Å². The van der Waals surface area contributed by atoms with Crippen molar-refractivity contribution in [2.24, 2.45) is 0 Å². The molecule has 1 N–H and O–H groups in total. The number of aromatic nitrogens is 1. The van der Waals surface area contributed by atoms with Crippen LogP contribution in [0.15, 0.2) is 72.2 Å². The van der Waals surface area contributed by atoms with Gasteiger partial charge in [0, 0.05) is 23.2 Å². The molecular formula is C25H23FN2O2S. The van der Waals surface area contributed by atoms with Gasteiger partial charge >= 0.3 is 0 Å². The zero-order chi connectivity index (χ0) is 21.8. The van der Waals surface area contributed by atoms with Crippen LogP contribution in [0.3, 0.4) is 0 Å². The summed E-state index contributed by atoms with van der Waals surface area (Å²) in [6.07, 6.45) is 2.34. The number of benzene rings is 2. The summed E-state index contributed by atoms with van der Waals surface area (Å²) in [6.45, 7) is 2.54. The van der Waals surface area contributed by atoms with E-state index in [0.717, 1.165) is 38.7 Å². The van der Waals surface area contributed by atoms with Gasteiger partial charge in [0.25, 0.3) is 0 Å². The normalized spacial score (nSPS) is 10.8. The zero-order valence-electron chi connectivity index (χ0n) is 17.4. The first kappa shape index (κ1) is 20.9. The van der Waals surface area contributed by atoms with Crippen molar-refractivity contribution in [2.75, 3.05) is 12.4 Å². The number of hydrogen-bond acceptors (Lipinski definition) is 3. The largest absolute Gasteiger partial charge is 0.497 e. The van der Waals surface area contributed by atoms with Gasteiger partial charge in [0.05, 0.1) is 13.5 Å². The van der Waals surface area contributed by atoms with Crippen LogP contribution in [0.25, 0.3) is 11.1 Å². The molecule has 0 radical (unpaired) electrons. The van der Waals surface area contributed by atoms with Crippen LogP contribution in [0.2, 0.25) is 0 Å². The number of carbonyl (C=O) groups is 1. The molecular weight excluding hydrogens is 411 g/mol. The number of halogens is 1. The van der Waals surface area contributed by atoms with Crippen LogP contribution in [0.5, 0.6) is 5.75 Å². The lowest BCUT2D eigenvalue weighted by Crippen LogP contribution is -2.17. The van der Waals surface area contributed by atoms with Crippen molar-refractivity contribution in [2.45, 2.75) is 19.9 Å². The van der Waals surface area contributed by atoms with Gasteiger partial charge in [0.1, 0.15) is 17.4 Å². The summed E-state index contributed by atoms with van der Waals surface area (Å²) in [5.74, 6) is 1.16. The molecule has 158 valence electrons. The van der Waals surface area contributed by atoms with Crippen molar-refractivity contribution in [3.8, 4) is 16.9 Å². The molecule has 2 aromatic carbocycles. The van der Waals surface area contributed by atoms with Crippen molar-refractivity contribution in [3.63, 3.8) is 0 Å². The molecule has 4 aromatic rings. The van der Waals surface area contributed by atoms with Crippen LogP contribution in [0.1, 0.15) is 16.0 Å². The van der Waals surface area contributed by atoms with Crippen molar-refractivity contribution >= 4 is 23.1 Å². The minimum absolute atomic E-state index is 0.0735. The summed E-state index contributed by atoms with van der Waals surface area (Å²) < 4.78 is 20.6. The first-order chi connectivity index (χ1) is 15.0. The third kappa shape index (κ3) is 4.86. The van der Waals surface area contributed by atoms with E-state index in [1.165, 1.54) is 12.1 Å². The van der Waals surface area contributed by atoms with Gasteiger partial charge in [0.15, 0.2) is 0 Å². The molecule has 4 nitrogen and oxygen atoms in total. The van der Waals surface area contributed by atoms with E-state index in [1.54, 1.807) is 30.6 Å². The predicted octanol–water partition coefficient (Wildman–Crippen LogP) is 5.90. The Bertz CT molecular complexity index is 1160. The smallest absolute Gasteiger partial charge is 0.230 e. The van der Waals surface area contributed by atoms with E-state index in [0.29, 0.717) is 13.0 Å². The molecule has 0 fully saturated rings. The average Bonchev–Trinajstić information content (AvgIpc) is 3.37. The number of thiophene rings is 1. The third-order valence-electron chi connectivity index (χ3n) is 5.09. The Kier molecular flexibility index (Phi) is 6.18. The molecule has 1 amide bonds. The molecule has 0 spiro atoms. The van der Waals surface area contributed by atoms with Gasteiger partial charge in [0.2, 0.25) is 5.91 Å². The molecule has 0 saturated heterocycles. The van der Waals surface area contributed by atoms with Crippen molar-refractivity contribution < 1.29 is 13.9 Å². The second-order valence-electron chi connectivity index (χ2n) is 7.32. The number of nitrogens with zero attached hydrogens (tertiary/aromatic N) is 1. The van der Waals surface area contributed by atoms with Gasteiger partial charge in [-0.05, 0) is 59.3 Å². The van der Waals surface area contributed by atoms with Gasteiger partial charge in [-0.3, -0.25) is 4.79 Å². The number of aryl methyl sites for hydroxylation is 1. The molecule has 0 bridgehead atoms. The molecule has 2 aromatic heterocycles. The number of hydrogen-bond donors (Lipinski definition) is 1. The van der Waals surface area contributed by atoms with E-state index in [1.807, 2.05) is 59.5 Å². The number of anilines is 1. The Hall–Kier alpha value is -3.38. The van der Waals surface area contributed by atoms with Crippen LogP contribution in [0.4, 0.5) is 10.2 Å². The highest BCUT2D eigenvalue weighted by molar-refractivity contribution is 7.10. The highest BCUT2D eigenvalue weighted by Crippen LogP contribution is 2.35. The Morgan fingerprint density at radius 2 is 1.84 bits per heavy atom. The fourth-order valence-electron chi connectivity index (χ4n) is 3.61. The average molecular weight is 435 g/mol. The van der Waals surface area contributed by atoms with E-state index < -0.39 is 0 Å². The highest BCUT2D eigenvalue weighted by atomic mass is 32.1. The third-order valence-corrected chi connectivity index (χ3v) is 5.96. The molecule has 0 aliphatic carbocycles. The summed E-state index contributed by atoms with van der Waals surface area (Å²) in [5, 5.41) is 5.09. The van der Waals surface area contributed by atoms with Crippen LogP contribution in [0, 0.1) is 12.7 Å². The van der Waals surface area contributed by atoms with E-state index in [4.69, 9.17) is 4.74 Å². The fraction of sp³-hybridized carbons (Fsp3) is 0.160. The molecule has 0 aliphatic heterocycles. The van der Waals surface area contributed by atoms with Crippen LogP contribution in [-0.2, 0) is 17.8 Å². The SMILES string of the molecule is COc1ccc(-c2c(C)cn(Cc3ccc(F)cc3)c2NC(=O)Cc2cccs2)cc1. The maximum absolute atomic E-state index is 13.3. The lowest BCUT2D eigenvalue weighted by atomic mass is 10.0. The lowest BCUT2D eigenvalue weighted by molar-refractivity contribution is -0.115. The lowest BCUT2D eigenvalue weighted by Gasteiger charge is -2.14. The Morgan fingerprint density at radius 3 is 2.48 bits per heavy atom. The number of carbonyl (C=O) groups excluding carboxylic acids is 1.